The van der Waals surface area contributed by atoms with Crippen LogP contribution >= 0.6 is 0 Å². The van der Waals surface area contributed by atoms with Gasteiger partial charge in [-0.1, -0.05) is 26.8 Å². The van der Waals surface area contributed by atoms with Crippen molar-refractivity contribution >= 4 is 5.91 Å². The Labute approximate surface area is 118 Å². The average Bonchev–Trinajstić information content (AvgIpc) is 2.35. The van der Waals surface area contributed by atoms with Gasteiger partial charge in [0.2, 0.25) is 5.91 Å². The largest absolute Gasteiger partial charge is 0.349 e. The molecule has 20 heavy (non-hydrogen) atoms. The van der Waals surface area contributed by atoms with Crippen molar-refractivity contribution in [1.29, 1.82) is 0 Å². The van der Waals surface area contributed by atoms with Crippen LogP contribution in [-0.4, -0.2) is 11.9 Å². The van der Waals surface area contributed by atoms with Gasteiger partial charge in [-0.3, -0.25) is 4.79 Å². The van der Waals surface area contributed by atoms with Gasteiger partial charge in [0.15, 0.2) is 0 Å². The number of hydrogen-bond donors (Lipinski definition) is 2. The predicted octanol–water partition coefficient (Wildman–Crippen LogP) is 2.76. The van der Waals surface area contributed by atoms with E-state index in [4.69, 9.17) is 5.73 Å². The van der Waals surface area contributed by atoms with Crippen molar-refractivity contribution in [1.82, 2.24) is 5.32 Å². The van der Waals surface area contributed by atoms with Crippen molar-refractivity contribution in [3.8, 4) is 0 Å². The Morgan fingerprint density at radius 3 is 2.25 bits per heavy atom. The minimum Gasteiger partial charge on any atom is -0.349 e. The molecule has 1 aromatic rings. The number of halogens is 2. The van der Waals surface area contributed by atoms with Gasteiger partial charge >= 0.3 is 0 Å². The highest BCUT2D eigenvalue weighted by Gasteiger charge is 2.25. The molecule has 0 aliphatic carbocycles. The third-order valence-electron chi connectivity index (χ3n) is 3.46. The molecule has 0 bridgehead atoms. The molecule has 3 nitrogen and oxygen atoms in total. The highest BCUT2D eigenvalue weighted by molar-refractivity contribution is 5.79. The summed E-state index contributed by atoms with van der Waals surface area (Å²) < 4.78 is 26.8. The lowest BCUT2D eigenvalue weighted by Crippen LogP contribution is -2.41. The maximum atomic E-state index is 13.9. The fraction of sp³-hybridized carbons (Fsp3) is 0.533. The van der Waals surface area contributed by atoms with Crippen LogP contribution in [-0.2, 0) is 4.79 Å². The number of amides is 1. The molecule has 112 valence electrons. The highest BCUT2D eigenvalue weighted by atomic mass is 19.1. The summed E-state index contributed by atoms with van der Waals surface area (Å²) in [5.74, 6) is -1.93. The van der Waals surface area contributed by atoms with Crippen LogP contribution in [0.2, 0.25) is 0 Å². The first-order valence-corrected chi connectivity index (χ1v) is 6.75. The molecular weight excluding hydrogens is 262 g/mol. The highest BCUT2D eigenvalue weighted by Crippen LogP contribution is 2.25. The molecule has 0 saturated carbocycles. The van der Waals surface area contributed by atoms with Crippen LogP contribution < -0.4 is 11.1 Å². The van der Waals surface area contributed by atoms with Crippen LogP contribution in [0.5, 0.6) is 0 Å². The lowest BCUT2D eigenvalue weighted by atomic mass is 9.94. The zero-order chi connectivity index (χ0) is 15.4. The van der Waals surface area contributed by atoms with Gasteiger partial charge in [-0.15, -0.1) is 0 Å². The van der Waals surface area contributed by atoms with Crippen molar-refractivity contribution in [2.24, 2.45) is 17.6 Å². The van der Waals surface area contributed by atoms with Gasteiger partial charge in [0.25, 0.3) is 0 Å². The second-order valence-electron chi connectivity index (χ2n) is 5.54. The summed E-state index contributed by atoms with van der Waals surface area (Å²) in [6.45, 7) is 7.19. The third kappa shape index (κ3) is 4.00. The molecule has 5 heteroatoms. The number of benzene rings is 1. The fourth-order valence-corrected chi connectivity index (χ4v) is 1.88. The normalized spacial score (nSPS) is 15.8. The molecule has 3 N–H and O–H groups in total. The molecule has 0 radical (unpaired) electrons. The van der Waals surface area contributed by atoms with Crippen molar-refractivity contribution < 1.29 is 13.6 Å². The quantitative estimate of drug-likeness (QED) is 0.873. The summed E-state index contributed by atoms with van der Waals surface area (Å²) in [5, 5.41) is 2.79. The lowest BCUT2D eigenvalue weighted by molar-refractivity contribution is -0.126. The van der Waals surface area contributed by atoms with E-state index < -0.39 is 17.7 Å². The maximum absolute atomic E-state index is 13.9. The molecule has 3 atom stereocenters. The minimum atomic E-state index is -0.655. The van der Waals surface area contributed by atoms with Gasteiger partial charge < -0.3 is 11.1 Å². The Kier molecular flexibility index (Phi) is 5.62. The van der Waals surface area contributed by atoms with E-state index in [-0.39, 0.29) is 29.3 Å². The number of hydrogen-bond acceptors (Lipinski definition) is 2. The zero-order valence-electron chi connectivity index (χ0n) is 12.3. The second-order valence-corrected chi connectivity index (χ2v) is 5.54. The van der Waals surface area contributed by atoms with Crippen molar-refractivity contribution in [3.63, 3.8) is 0 Å². The molecule has 0 aliphatic rings. The summed E-state index contributed by atoms with van der Waals surface area (Å²) in [6.07, 6.45) is 0. The van der Waals surface area contributed by atoms with Gasteiger partial charge in [-0.25, -0.2) is 8.78 Å². The summed E-state index contributed by atoms with van der Waals surface area (Å²) in [6, 6.07) is 2.58. The molecule has 1 amide bonds. The predicted molar refractivity (Wildman–Crippen MR) is 74.9 cm³/mol. The van der Waals surface area contributed by atoms with Gasteiger partial charge in [0, 0.05) is 23.6 Å². The third-order valence-corrected chi connectivity index (χ3v) is 3.46. The number of carbonyl (C=O) groups is 1. The van der Waals surface area contributed by atoms with Crippen LogP contribution in [0.25, 0.3) is 0 Å². The SMILES string of the molecule is CC(C)C(NC(=O)C(C)C(C)N)c1ccc(F)cc1F. The number of rotatable bonds is 5. The van der Waals surface area contributed by atoms with Gasteiger partial charge in [0.1, 0.15) is 11.6 Å². The van der Waals surface area contributed by atoms with Gasteiger partial charge in [-0.05, 0) is 18.9 Å². The van der Waals surface area contributed by atoms with E-state index in [1.165, 1.54) is 12.1 Å². The maximum Gasteiger partial charge on any atom is 0.224 e. The van der Waals surface area contributed by atoms with E-state index >= 15 is 0 Å². The molecule has 0 spiro atoms. The summed E-state index contributed by atoms with van der Waals surface area (Å²) >= 11 is 0. The Bertz CT molecular complexity index is 475. The second kappa shape index (κ2) is 6.79. The molecule has 0 aliphatic heterocycles. The fourth-order valence-electron chi connectivity index (χ4n) is 1.88. The van der Waals surface area contributed by atoms with E-state index in [0.29, 0.717) is 0 Å². The van der Waals surface area contributed by atoms with E-state index in [1.807, 2.05) is 13.8 Å². The molecule has 0 heterocycles. The van der Waals surface area contributed by atoms with E-state index in [0.717, 1.165) is 6.07 Å². The Morgan fingerprint density at radius 2 is 1.80 bits per heavy atom. The minimum absolute atomic E-state index is 0.0285. The molecule has 1 aromatic carbocycles. The van der Waals surface area contributed by atoms with Crippen LogP contribution in [0.4, 0.5) is 8.78 Å². The summed E-state index contributed by atoms with van der Waals surface area (Å²) in [4.78, 5) is 12.1. The van der Waals surface area contributed by atoms with Crippen molar-refractivity contribution in [2.45, 2.75) is 39.8 Å². The number of nitrogens with two attached hydrogens (primary N) is 1. The molecule has 3 unspecified atom stereocenters. The topological polar surface area (TPSA) is 55.1 Å². The van der Waals surface area contributed by atoms with Crippen LogP contribution in [0.1, 0.15) is 39.3 Å². The first-order chi connectivity index (χ1) is 9.23. The van der Waals surface area contributed by atoms with Crippen LogP contribution in [0, 0.1) is 23.5 Å². The Balaban J connectivity index is 2.98. The van der Waals surface area contributed by atoms with E-state index in [1.54, 1.807) is 13.8 Å². The summed E-state index contributed by atoms with van der Waals surface area (Å²) in [7, 11) is 0. The molecule has 0 saturated heterocycles. The Hall–Kier alpha value is -1.49. The molecule has 0 aromatic heterocycles. The van der Waals surface area contributed by atoms with Crippen molar-refractivity contribution in [3.05, 3.63) is 35.4 Å². The first kappa shape index (κ1) is 16.6. The smallest absolute Gasteiger partial charge is 0.224 e. The Morgan fingerprint density at radius 1 is 1.20 bits per heavy atom. The molecule has 0 fully saturated rings. The molecular formula is C15H22F2N2O. The number of carbonyl (C=O) groups excluding carboxylic acids is 1. The first-order valence-electron chi connectivity index (χ1n) is 6.75. The van der Waals surface area contributed by atoms with E-state index in [2.05, 4.69) is 5.32 Å². The standard InChI is InChI=1S/C15H22F2N2O/c1-8(2)14(19-15(20)9(3)10(4)18)12-6-5-11(16)7-13(12)17/h5-10,14H,18H2,1-4H3,(H,19,20). The summed E-state index contributed by atoms with van der Waals surface area (Å²) in [5.41, 5.74) is 5.98. The number of nitrogens with one attached hydrogen (secondary N) is 1. The average molecular weight is 284 g/mol. The molecule has 1 rings (SSSR count). The van der Waals surface area contributed by atoms with Crippen molar-refractivity contribution in [2.75, 3.05) is 0 Å². The lowest BCUT2D eigenvalue weighted by Gasteiger charge is -2.26. The van der Waals surface area contributed by atoms with Crippen LogP contribution in [0.15, 0.2) is 18.2 Å². The van der Waals surface area contributed by atoms with Crippen LogP contribution in [0.3, 0.4) is 0 Å². The zero-order valence-corrected chi connectivity index (χ0v) is 12.3. The van der Waals surface area contributed by atoms with E-state index in [9.17, 15) is 13.6 Å². The monoisotopic (exact) mass is 284 g/mol. The van der Waals surface area contributed by atoms with Gasteiger partial charge in [-0.2, -0.15) is 0 Å². The van der Waals surface area contributed by atoms with Gasteiger partial charge in [0.05, 0.1) is 6.04 Å².